The van der Waals surface area contributed by atoms with Gasteiger partial charge < -0.3 is 4.55 Å². The highest BCUT2D eigenvalue weighted by molar-refractivity contribution is 9.10. The van der Waals surface area contributed by atoms with Gasteiger partial charge in [-0.15, -0.1) is 4.72 Å². The maximum atomic E-state index is 13.4. The van der Waals surface area contributed by atoms with Crippen LogP contribution >= 0.6 is 27.5 Å². The second-order valence-corrected chi connectivity index (χ2v) is 9.21. The van der Waals surface area contributed by atoms with Crippen molar-refractivity contribution in [1.29, 1.82) is 0 Å². The fourth-order valence-electron chi connectivity index (χ4n) is 1.86. The second kappa shape index (κ2) is 7.49. The molecule has 7 heteroatoms. The summed E-state index contributed by atoms with van der Waals surface area (Å²) in [5.74, 6) is -0.492. The number of nitrogens with zero attached hydrogens (tertiary/aromatic N) is 1. The zero-order chi connectivity index (χ0) is 17.2. The number of benzene rings is 1. The third-order valence-electron chi connectivity index (χ3n) is 3.09. The number of hydrogen-bond donors (Lipinski definition) is 1. The molecule has 0 bridgehead atoms. The van der Waals surface area contributed by atoms with Gasteiger partial charge in [0.2, 0.25) is 0 Å². The van der Waals surface area contributed by atoms with Gasteiger partial charge >= 0.3 is 0 Å². The molecule has 2 aromatic rings. The average molecular weight is 420 g/mol. The molecule has 0 fully saturated rings. The number of halogens is 3. The minimum Gasteiger partial charge on any atom is -0.598 e. The van der Waals surface area contributed by atoms with Crippen LogP contribution in [0.4, 0.5) is 4.39 Å². The number of pyridine rings is 1. The molecule has 0 saturated heterocycles. The topological polar surface area (TPSA) is 48.0 Å². The van der Waals surface area contributed by atoms with Crippen LogP contribution in [0.1, 0.15) is 38.1 Å². The number of nitrogens with one attached hydrogen (secondary N) is 1. The number of aromatic nitrogens is 1. The van der Waals surface area contributed by atoms with Crippen molar-refractivity contribution in [3.8, 4) is 0 Å². The molecule has 0 aliphatic heterocycles. The molecule has 1 N–H and O–H groups in total. The summed E-state index contributed by atoms with van der Waals surface area (Å²) >= 11 is 7.90. The van der Waals surface area contributed by atoms with E-state index in [0.29, 0.717) is 15.9 Å². The summed E-state index contributed by atoms with van der Waals surface area (Å²) < 4.78 is 29.2. The molecule has 23 heavy (non-hydrogen) atoms. The summed E-state index contributed by atoms with van der Waals surface area (Å²) in [5, 5.41) is 0.0193. The molecule has 0 aliphatic rings. The van der Waals surface area contributed by atoms with Crippen molar-refractivity contribution in [2.45, 2.75) is 31.6 Å². The molecule has 1 aromatic heterocycles. The Hall–Kier alpha value is -0.660. The molecule has 3 nitrogen and oxygen atoms in total. The van der Waals surface area contributed by atoms with Gasteiger partial charge in [-0.1, -0.05) is 23.7 Å². The van der Waals surface area contributed by atoms with Gasteiger partial charge in [-0.25, -0.2) is 9.37 Å². The smallest absolute Gasteiger partial charge is 0.141 e. The lowest BCUT2D eigenvalue weighted by molar-refractivity contribution is 0.533. The summed E-state index contributed by atoms with van der Waals surface area (Å²) in [6, 6.07) is 9.43. The molecular weight excluding hydrogens is 403 g/mol. The molecule has 0 radical (unpaired) electrons. The normalized spacial score (nSPS) is 14.6. The fraction of sp³-hybridized carbons (Fsp3) is 0.312. The van der Waals surface area contributed by atoms with Crippen molar-refractivity contribution in [3.05, 3.63) is 63.1 Å². The van der Waals surface area contributed by atoms with E-state index in [-0.39, 0.29) is 5.02 Å². The molecule has 2 atom stereocenters. The highest BCUT2D eigenvalue weighted by Gasteiger charge is 2.31. The van der Waals surface area contributed by atoms with Gasteiger partial charge in [0.05, 0.1) is 10.7 Å². The first-order valence-corrected chi connectivity index (χ1v) is 9.26. The Morgan fingerprint density at radius 3 is 2.57 bits per heavy atom. The van der Waals surface area contributed by atoms with Crippen LogP contribution in [0.2, 0.25) is 5.02 Å². The van der Waals surface area contributed by atoms with E-state index in [9.17, 15) is 8.94 Å². The molecule has 2 rings (SSSR count). The highest BCUT2D eigenvalue weighted by atomic mass is 79.9. The molecule has 1 heterocycles. The molecule has 0 unspecified atom stereocenters. The van der Waals surface area contributed by atoms with Crippen molar-refractivity contribution in [3.63, 3.8) is 0 Å². The Bertz CT molecular complexity index is 696. The van der Waals surface area contributed by atoms with Gasteiger partial charge in [0, 0.05) is 11.4 Å². The van der Waals surface area contributed by atoms with E-state index in [1.54, 1.807) is 12.1 Å². The van der Waals surface area contributed by atoms with Crippen LogP contribution in [0, 0.1) is 5.82 Å². The fourth-order valence-corrected chi connectivity index (χ4v) is 3.23. The maximum absolute atomic E-state index is 13.4. The Kier molecular flexibility index (Phi) is 6.08. The Morgan fingerprint density at radius 1 is 1.30 bits per heavy atom. The summed E-state index contributed by atoms with van der Waals surface area (Å²) in [6.45, 7) is 5.62. The van der Waals surface area contributed by atoms with E-state index in [1.165, 1.54) is 12.1 Å². The first kappa shape index (κ1) is 18.7. The van der Waals surface area contributed by atoms with Crippen molar-refractivity contribution >= 4 is 38.9 Å². The first-order chi connectivity index (χ1) is 10.7. The zero-order valence-corrected chi connectivity index (χ0v) is 16.1. The van der Waals surface area contributed by atoms with Crippen molar-refractivity contribution < 1.29 is 8.94 Å². The van der Waals surface area contributed by atoms with Crippen LogP contribution in [0.15, 0.2) is 41.0 Å². The lowest BCUT2D eigenvalue weighted by Gasteiger charge is -2.28. The third kappa shape index (κ3) is 4.90. The minimum absolute atomic E-state index is 0.0193. The van der Waals surface area contributed by atoms with Crippen LogP contribution < -0.4 is 4.72 Å². The van der Waals surface area contributed by atoms with E-state index in [2.05, 4.69) is 25.6 Å². The Labute approximate surface area is 152 Å². The molecule has 0 saturated carbocycles. The Morgan fingerprint density at radius 2 is 2.00 bits per heavy atom. The molecule has 124 valence electrons. The summed E-state index contributed by atoms with van der Waals surface area (Å²) in [6.07, 6.45) is 0. The van der Waals surface area contributed by atoms with Crippen molar-refractivity contribution in [2.24, 2.45) is 0 Å². The van der Waals surface area contributed by atoms with Crippen LogP contribution in [-0.4, -0.2) is 14.3 Å². The molecule has 0 aliphatic carbocycles. The Balaban J connectivity index is 2.44. The number of hydrogen-bond acceptors (Lipinski definition) is 3. The van der Waals surface area contributed by atoms with Gasteiger partial charge in [0.15, 0.2) is 0 Å². The first-order valence-electron chi connectivity index (χ1n) is 6.94. The maximum Gasteiger partial charge on any atom is 0.141 e. The predicted molar refractivity (Wildman–Crippen MR) is 96.2 cm³/mol. The monoisotopic (exact) mass is 418 g/mol. The average Bonchev–Trinajstić information content (AvgIpc) is 2.46. The number of rotatable bonds is 4. The molecule has 1 aromatic carbocycles. The summed E-state index contributed by atoms with van der Waals surface area (Å²) in [7, 11) is 0. The third-order valence-corrected chi connectivity index (χ3v) is 5.38. The van der Waals surface area contributed by atoms with E-state index in [0.717, 1.165) is 0 Å². The lowest BCUT2D eigenvalue weighted by atomic mass is 10.0. The predicted octanol–water partition coefficient (Wildman–Crippen LogP) is 4.78. The molecule has 0 amide bonds. The van der Waals surface area contributed by atoms with Gasteiger partial charge in [-0.2, -0.15) is 0 Å². The van der Waals surface area contributed by atoms with E-state index >= 15 is 0 Å². The van der Waals surface area contributed by atoms with Gasteiger partial charge in [0.25, 0.3) is 0 Å². The van der Waals surface area contributed by atoms with Crippen LogP contribution in [-0.2, 0) is 11.4 Å². The zero-order valence-electron chi connectivity index (χ0n) is 12.9. The highest BCUT2D eigenvalue weighted by Crippen LogP contribution is 2.28. The standard InChI is InChI=1S/C16H17BrClFN2OS/c1-16(2,3)23(22)21-15(13-5-4-6-14(17)20-13)10-7-8-12(19)11(18)9-10/h4-9,15,21H,1-3H3/t15-,23-/m1/s1. The quantitative estimate of drug-likeness (QED) is 0.573. The van der Waals surface area contributed by atoms with Crippen LogP contribution in [0.3, 0.4) is 0 Å². The van der Waals surface area contributed by atoms with Crippen LogP contribution in [0.5, 0.6) is 0 Å². The van der Waals surface area contributed by atoms with E-state index in [4.69, 9.17) is 11.6 Å². The summed E-state index contributed by atoms with van der Waals surface area (Å²) in [4.78, 5) is 4.42. The van der Waals surface area contributed by atoms with Crippen molar-refractivity contribution in [1.82, 2.24) is 9.71 Å². The SMILES string of the molecule is CC(C)(C)[S@@+]([O-])N[C@H](c1ccc(F)c(Cl)c1)c1cccc(Br)n1. The minimum atomic E-state index is -1.33. The second-order valence-electron chi connectivity index (χ2n) is 5.99. The van der Waals surface area contributed by atoms with Gasteiger partial charge in [0.1, 0.15) is 21.2 Å². The van der Waals surface area contributed by atoms with Crippen LogP contribution in [0.25, 0.3) is 0 Å². The van der Waals surface area contributed by atoms with Crippen molar-refractivity contribution in [2.75, 3.05) is 0 Å². The summed E-state index contributed by atoms with van der Waals surface area (Å²) in [5.41, 5.74) is 1.36. The molecular formula is C16H17BrClFN2OS. The van der Waals surface area contributed by atoms with E-state index in [1.807, 2.05) is 32.9 Å². The van der Waals surface area contributed by atoms with Gasteiger partial charge in [-0.05, 0) is 66.5 Å². The lowest BCUT2D eigenvalue weighted by Crippen LogP contribution is -2.41. The largest absolute Gasteiger partial charge is 0.598 e. The molecule has 0 spiro atoms. The van der Waals surface area contributed by atoms with E-state index < -0.39 is 28.0 Å². The van der Waals surface area contributed by atoms with Gasteiger partial charge in [-0.3, -0.25) is 0 Å².